The van der Waals surface area contributed by atoms with Gasteiger partial charge in [-0.2, -0.15) is 0 Å². The van der Waals surface area contributed by atoms with Crippen LogP contribution in [-0.2, 0) is 28.6 Å². The number of hydrogen-bond donors (Lipinski definition) is 0. The highest BCUT2D eigenvalue weighted by Crippen LogP contribution is 2.16. The van der Waals surface area contributed by atoms with E-state index >= 15 is 0 Å². The van der Waals surface area contributed by atoms with Crippen molar-refractivity contribution in [3.63, 3.8) is 0 Å². The Morgan fingerprint density at radius 3 is 0.818 bits per heavy atom. The highest BCUT2D eigenvalue weighted by atomic mass is 16.6. The van der Waals surface area contributed by atoms with E-state index in [-0.39, 0.29) is 31.1 Å². The molecule has 6 heteroatoms. The van der Waals surface area contributed by atoms with E-state index in [1.165, 1.54) is 173 Å². The lowest BCUT2D eigenvalue weighted by Gasteiger charge is -2.18. The van der Waals surface area contributed by atoms with Crippen molar-refractivity contribution in [3.05, 3.63) is 48.6 Å². The Labute approximate surface area is 409 Å². The summed E-state index contributed by atoms with van der Waals surface area (Å²) in [6.45, 7) is 6.62. The number of rotatable bonds is 52. The zero-order valence-corrected chi connectivity index (χ0v) is 44.0. The molecule has 0 aromatic heterocycles. The zero-order chi connectivity index (χ0) is 47.9. The van der Waals surface area contributed by atoms with Crippen molar-refractivity contribution in [2.75, 3.05) is 13.2 Å². The van der Waals surface area contributed by atoms with Crippen LogP contribution in [0.3, 0.4) is 0 Å². The Morgan fingerprint density at radius 2 is 0.530 bits per heavy atom. The summed E-state index contributed by atoms with van der Waals surface area (Å²) in [5.74, 6) is -0.930. The molecular formula is C60H108O6. The van der Waals surface area contributed by atoms with Gasteiger partial charge in [-0.1, -0.05) is 256 Å². The van der Waals surface area contributed by atoms with Crippen LogP contribution in [0.1, 0.15) is 297 Å². The molecule has 0 amide bonds. The Morgan fingerprint density at radius 1 is 0.303 bits per heavy atom. The maximum atomic E-state index is 12.8. The molecule has 0 bridgehead atoms. The van der Waals surface area contributed by atoms with Gasteiger partial charge in [-0.15, -0.1) is 0 Å². The van der Waals surface area contributed by atoms with E-state index in [1.54, 1.807) is 0 Å². The summed E-state index contributed by atoms with van der Waals surface area (Å²) in [5.41, 5.74) is 0. The molecule has 66 heavy (non-hydrogen) atoms. The van der Waals surface area contributed by atoms with E-state index in [0.29, 0.717) is 19.3 Å². The number of allylic oxidation sites excluding steroid dienone is 8. The summed E-state index contributed by atoms with van der Waals surface area (Å²) in [5, 5.41) is 0. The Kier molecular flexibility index (Phi) is 52.8. The minimum Gasteiger partial charge on any atom is -0.462 e. The molecule has 0 saturated heterocycles. The van der Waals surface area contributed by atoms with Gasteiger partial charge in [0.1, 0.15) is 13.2 Å². The summed E-state index contributed by atoms with van der Waals surface area (Å²) >= 11 is 0. The van der Waals surface area contributed by atoms with Gasteiger partial charge in [0.2, 0.25) is 0 Å². The van der Waals surface area contributed by atoms with Gasteiger partial charge in [0, 0.05) is 19.3 Å². The molecule has 384 valence electrons. The second kappa shape index (κ2) is 55.0. The van der Waals surface area contributed by atoms with E-state index in [9.17, 15) is 14.4 Å². The van der Waals surface area contributed by atoms with E-state index < -0.39 is 6.10 Å². The minimum atomic E-state index is -0.795. The summed E-state index contributed by atoms with van der Waals surface area (Å²) in [6.07, 6.45) is 66.7. The Hall–Kier alpha value is -2.63. The predicted octanol–water partition coefficient (Wildman–Crippen LogP) is 19.0. The molecule has 0 heterocycles. The summed E-state index contributed by atoms with van der Waals surface area (Å²) in [4.78, 5) is 38.1. The maximum Gasteiger partial charge on any atom is 0.306 e. The molecule has 0 aliphatic heterocycles. The second-order valence-corrected chi connectivity index (χ2v) is 19.3. The molecule has 0 radical (unpaired) electrons. The molecule has 0 rings (SSSR count). The van der Waals surface area contributed by atoms with Crippen molar-refractivity contribution in [2.24, 2.45) is 0 Å². The van der Waals surface area contributed by atoms with Crippen molar-refractivity contribution in [3.8, 4) is 0 Å². The monoisotopic (exact) mass is 925 g/mol. The fourth-order valence-electron chi connectivity index (χ4n) is 8.25. The number of carbonyl (C=O) groups excluding carboxylic acids is 3. The van der Waals surface area contributed by atoms with Gasteiger partial charge in [0.25, 0.3) is 0 Å². The third kappa shape index (κ3) is 52.3. The largest absolute Gasteiger partial charge is 0.462 e. The van der Waals surface area contributed by atoms with Crippen LogP contribution in [0.4, 0.5) is 0 Å². The fraction of sp³-hybridized carbons (Fsp3) is 0.817. The zero-order valence-electron chi connectivity index (χ0n) is 44.0. The first-order valence-electron chi connectivity index (χ1n) is 28.7. The molecule has 0 aromatic rings. The number of unbranched alkanes of at least 4 members (excludes halogenated alkanes) is 35. The maximum absolute atomic E-state index is 12.8. The molecule has 0 fully saturated rings. The first kappa shape index (κ1) is 63.4. The first-order chi connectivity index (χ1) is 32.5. The van der Waals surface area contributed by atoms with Crippen LogP contribution < -0.4 is 0 Å². The molecule has 1 atom stereocenters. The van der Waals surface area contributed by atoms with Gasteiger partial charge in [-0.25, -0.2) is 0 Å². The normalized spacial score (nSPS) is 12.3. The van der Waals surface area contributed by atoms with E-state index in [1.807, 2.05) is 0 Å². The quantitative estimate of drug-likeness (QED) is 0.0262. The summed E-state index contributed by atoms with van der Waals surface area (Å²) in [7, 11) is 0. The van der Waals surface area contributed by atoms with Gasteiger partial charge in [0.15, 0.2) is 6.10 Å². The highest BCUT2D eigenvalue weighted by molar-refractivity contribution is 5.71. The highest BCUT2D eigenvalue weighted by Gasteiger charge is 2.19. The Bertz CT molecular complexity index is 1150. The lowest BCUT2D eigenvalue weighted by molar-refractivity contribution is -0.167. The van der Waals surface area contributed by atoms with Crippen molar-refractivity contribution >= 4 is 17.9 Å². The lowest BCUT2D eigenvalue weighted by Crippen LogP contribution is -2.30. The molecule has 0 aromatic carbocycles. The van der Waals surface area contributed by atoms with Crippen LogP contribution in [-0.4, -0.2) is 37.2 Å². The minimum absolute atomic E-state index is 0.0895. The second-order valence-electron chi connectivity index (χ2n) is 19.3. The average molecular weight is 926 g/mol. The molecule has 0 N–H and O–H groups in total. The topological polar surface area (TPSA) is 78.9 Å². The van der Waals surface area contributed by atoms with E-state index in [0.717, 1.165) is 83.5 Å². The van der Waals surface area contributed by atoms with Crippen LogP contribution in [0.15, 0.2) is 48.6 Å². The van der Waals surface area contributed by atoms with Gasteiger partial charge in [-0.05, 0) is 70.6 Å². The number of hydrogen-bond acceptors (Lipinski definition) is 6. The van der Waals surface area contributed by atoms with Gasteiger partial charge >= 0.3 is 17.9 Å². The SMILES string of the molecule is CCCCCCCCC/C=C\C=C/CCCCCC(=O)OCC(COC(=O)CCCCCCCCCCCCCCCCCC)OC(=O)CCCCC/C=C\C=C/CCCCCCCCC. The summed E-state index contributed by atoms with van der Waals surface area (Å²) in [6, 6.07) is 0. The van der Waals surface area contributed by atoms with Crippen molar-refractivity contribution in [1.29, 1.82) is 0 Å². The Balaban J connectivity index is 4.44. The van der Waals surface area contributed by atoms with Gasteiger partial charge in [-0.3, -0.25) is 14.4 Å². The first-order valence-corrected chi connectivity index (χ1v) is 28.7. The third-order valence-electron chi connectivity index (χ3n) is 12.6. The van der Waals surface area contributed by atoms with Crippen LogP contribution in [0.5, 0.6) is 0 Å². The van der Waals surface area contributed by atoms with Gasteiger partial charge in [0.05, 0.1) is 0 Å². The van der Waals surface area contributed by atoms with Crippen molar-refractivity contribution in [1.82, 2.24) is 0 Å². The fourth-order valence-corrected chi connectivity index (χ4v) is 8.25. The van der Waals surface area contributed by atoms with Crippen LogP contribution in [0.25, 0.3) is 0 Å². The molecular weight excluding hydrogens is 817 g/mol. The van der Waals surface area contributed by atoms with Crippen LogP contribution in [0, 0.1) is 0 Å². The van der Waals surface area contributed by atoms with Crippen molar-refractivity contribution < 1.29 is 28.6 Å². The smallest absolute Gasteiger partial charge is 0.306 e. The van der Waals surface area contributed by atoms with Crippen LogP contribution >= 0.6 is 0 Å². The predicted molar refractivity (Wildman–Crippen MR) is 284 cm³/mol. The molecule has 0 aliphatic carbocycles. The van der Waals surface area contributed by atoms with Crippen molar-refractivity contribution in [2.45, 2.75) is 303 Å². The standard InChI is InChI=1S/C60H108O6/c1-4-7-10-13-16-19-22-25-28-31-34-37-40-43-46-49-52-58(61)64-55-57(66-60(63)54-51-48-45-42-39-36-33-30-27-24-21-18-15-12-9-6-3)56-65-59(62)53-50-47-44-41-38-35-32-29-26-23-20-17-14-11-8-5-2/h28,30-31,33-34,36-37,39,57H,4-27,29,32,35,38,40-56H2,1-3H3/b31-28-,33-30-,37-34-,39-36-. The molecule has 1 unspecified atom stereocenters. The molecule has 0 aliphatic rings. The molecule has 0 spiro atoms. The molecule has 0 saturated carbocycles. The molecule has 6 nitrogen and oxygen atoms in total. The van der Waals surface area contributed by atoms with E-state index in [2.05, 4.69) is 69.4 Å². The van der Waals surface area contributed by atoms with Gasteiger partial charge < -0.3 is 14.2 Å². The number of ether oxygens (including phenoxy) is 3. The summed E-state index contributed by atoms with van der Waals surface area (Å²) < 4.78 is 16.8. The average Bonchev–Trinajstić information content (AvgIpc) is 3.31. The van der Waals surface area contributed by atoms with E-state index in [4.69, 9.17) is 14.2 Å². The third-order valence-corrected chi connectivity index (χ3v) is 12.6. The number of carbonyl (C=O) groups is 3. The number of esters is 3. The van der Waals surface area contributed by atoms with Crippen LogP contribution in [0.2, 0.25) is 0 Å². The lowest BCUT2D eigenvalue weighted by atomic mass is 10.0.